The fraction of sp³-hybridized carbons (Fsp3) is 1.00. The fourth-order valence-corrected chi connectivity index (χ4v) is 4.99. The smallest absolute Gasteiger partial charge is 0.127 e. The Morgan fingerprint density at radius 2 is 1.57 bits per heavy atom. The highest BCUT2D eigenvalue weighted by Gasteiger charge is 2.27. The van der Waals surface area contributed by atoms with Gasteiger partial charge in [-0.2, -0.15) is 0 Å². The molecule has 0 saturated heterocycles. The number of alkyl halides is 1. The molecule has 0 aromatic rings. The van der Waals surface area contributed by atoms with Crippen molar-refractivity contribution >= 4 is 50.8 Å². The second-order valence-electron chi connectivity index (χ2n) is 3.82. The average Bonchev–Trinajstić information content (AvgIpc) is 2.00. The van der Waals surface area contributed by atoms with Gasteiger partial charge in [0.25, 0.3) is 0 Å². The van der Waals surface area contributed by atoms with Gasteiger partial charge in [0.15, 0.2) is 0 Å². The third-order valence-corrected chi connectivity index (χ3v) is 4.98. The maximum absolute atomic E-state index is 5.84. The van der Waals surface area contributed by atoms with Crippen molar-refractivity contribution in [1.82, 2.24) is 0 Å². The molecule has 0 aliphatic heterocycles. The van der Waals surface area contributed by atoms with E-state index in [0.29, 0.717) is 5.92 Å². The van der Waals surface area contributed by atoms with Gasteiger partial charge >= 0.3 is 6.00 Å². The standard InChI is InChI=1S/C9H18Cl4Si/c1-9(8-14(11,12)13)6-4-2-3-5-7-10/h9H,2-8H2,1H3. The number of hydrogen-bond donors (Lipinski definition) is 0. The molecule has 0 amide bonds. The highest BCUT2D eigenvalue weighted by atomic mass is 35.8. The molecule has 0 aliphatic carbocycles. The summed E-state index contributed by atoms with van der Waals surface area (Å²) in [6, 6.07) is -1.62. The molecule has 0 N–H and O–H groups in total. The zero-order valence-electron chi connectivity index (χ0n) is 8.54. The Morgan fingerprint density at radius 1 is 1.00 bits per heavy atom. The summed E-state index contributed by atoms with van der Waals surface area (Å²) >= 11 is 23.1. The molecule has 0 radical (unpaired) electrons. The third-order valence-electron chi connectivity index (χ3n) is 2.16. The van der Waals surface area contributed by atoms with Crippen molar-refractivity contribution in [2.24, 2.45) is 5.92 Å². The van der Waals surface area contributed by atoms with E-state index in [4.69, 9.17) is 44.8 Å². The lowest BCUT2D eigenvalue weighted by molar-refractivity contribution is 0.523. The number of rotatable bonds is 8. The Kier molecular flexibility index (Phi) is 9.36. The summed E-state index contributed by atoms with van der Waals surface area (Å²) in [5.74, 6) is 1.32. The van der Waals surface area contributed by atoms with Crippen LogP contribution in [0.25, 0.3) is 0 Å². The highest BCUT2D eigenvalue weighted by molar-refractivity contribution is 7.64. The van der Waals surface area contributed by atoms with Crippen molar-refractivity contribution in [2.45, 2.75) is 45.1 Å². The van der Waals surface area contributed by atoms with E-state index in [2.05, 4.69) is 6.92 Å². The normalized spacial score (nSPS) is 14.4. The molecule has 0 saturated carbocycles. The highest BCUT2D eigenvalue weighted by Crippen LogP contribution is 2.31. The maximum Gasteiger partial charge on any atom is 0.341 e. The first-order valence-electron chi connectivity index (χ1n) is 5.08. The van der Waals surface area contributed by atoms with Crippen molar-refractivity contribution in [1.29, 1.82) is 0 Å². The van der Waals surface area contributed by atoms with E-state index in [-0.39, 0.29) is 0 Å². The van der Waals surface area contributed by atoms with Gasteiger partial charge in [0, 0.05) is 5.88 Å². The van der Waals surface area contributed by atoms with Crippen LogP contribution in [0.3, 0.4) is 0 Å². The minimum atomic E-state index is -2.40. The Bertz CT molecular complexity index is 135. The second kappa shape index (κ2) is 8.52. The molecule has 1 unspecified atom stereocenters. The SMILES string of the molecule is CC(CCCCCCCl)C[Si](Cl)(Cl)Cl. The van der Waals surface area contributed by atoms with Gasteiger partial charge in [-0.05, 0) is 18.4 Å². The summed E-state index contributed by atoms with van der Waals surface area (Å²) in [5.41, 5.74) is 0. The summed E-state index contributed by atoms with van der Waals surface area (Å²) in [6.07, 6.45) is 5.99. The van der Waals surface area contributed by atoms with Crippen LogP contribution in [0.15, 0.2) is 0 Å². The zero-order chi connectivity index (χ0) is 11.0. The molecule has 5 heteroatoms. The quantitative estimate of drug-likeness (QED) is 0.241. The zero-order valence-corrected chi connectivity index (χ0v) is 12.6. The van der Waals surface area contributed by atoms with Crippen molar-refractivity contribution < 1.29 is 0 Å². The van der Waals surface area contributed by atoms with E-state index in [1.807, 2.05) is 0 Å². The summed E-state index contributed by atoms with van der Waals surface area (Å²) in [7, 11) is 0. The van der Waals surface area contributed by atoms with Gasteiger partial charge in [0.05, 0.1) is 0 Å². The minimum absolute atomic E-state index is 0.546. The Labute approximate surface area is 107 Å². The van der Waals surface area contributed by atoms with E-state index >= 15 is 0 Å². The summed E-state index contributed by atoms with van der Waals surface area (Å²) in [6.45, 7) is 2.16. The van der Waals surface area contributed by atoms with Crippen LogP contribution in [0.5, 0.6) is 0 Å². The van der Waals surface area contributed by atoms with Gasteiger partial charge in [-0.25, -0.2) is 0 Å². The van der Waals surface area contributed by atoms with Crippen molar-refractivity contribution in [3.63, 3.8) is 0 Å². The van der Waals surface area contributed by atoms with E-state index in [1.54, 1.807) is 0 Å². The topological polar surface area (TPSA) is 0 Å². The van der Waals surface area contributed by atoms with Gasteiger partial charge in [-0.1, -0.05) is 32.6 Å². The van der Waals surface area contributed by atoms with Crippen LogP contribution in [-0.4, -0.2) is 11.9 Å². The molecule has 14 heavy (non-hydrogen) atoms. The number of unbranched alkanes of at least 4 members (excludes halogenated alkanes) is 3. The van der Waals surface area contributed by atoms with Gasteiger partial charge < -0.3 is 0 Å². The molecule has 0 heterocycles. The number of hydrogen-bond acceptors (Lipinski definition) is 0. The van der Waals surface area contributed by atoms with Gasteiger partial charge in [0.2, 0.25) is 0 Å². The summed E-state index contributed by atoms with van der Waals surface area (Å²) < 4.78 is 0. The van der Waals surface area contributed by atoms with Gasteiger partial charge in [-0.15, -0.1) is 44.8 Å². The molecule has 1 atom stereocenters. The molecule has 0 bridgehead atoms. The van der Waals surface area contributed by atoms with Gasteiger partial charge in [0.1, 0.15) is 0 Å². The Morgan fingerprint density at radius 3 is 2.07 bits per heavy atom. The van der Waals surface area contributed by atoms with Crippen LogP contribution in [0.4, 0.5) is 0 Å². The molecule has 0 spiro atoms. The monoisotopic (exact) mass is 294 g/mol. The molecule has 86 valence electrons. The lowest BCUT2D eigenvalue weighted by Gasteiger charge is -2.14. The molecule has 0 nitrogen and oxygen atoms in total. The predicted molar refractivity (Wildman–Crippen MR) is 71.1 cm³/mol. The molecule has 0 aromatic carbocycles. The number of halogens is 4. The average molecular weight is 296 g/mol. The first-order chi connectivity index (χ1) is 6.45. The van der Waals surface area contributed by atoms with E-state index in [1.165, 1.54) is 25.7 Å². The molecule has 0 rings (SSSR count). The first-order valence-corrected chi connectivity index (χ1v) is 10.9. The van der Waals surface area contributed by atoms with Crippen LogP contribution >= 0.6 is 44.8 Å². The van der Waals surface area contributed by atoms with Crippen molar-refractivity contribution in [3.05, 3.63) is 0 Å². The largest absolute Gasteiger partial charge is 0.341 e. The van der Waals surface area contributed by atoms with Gasteiger partial charge in [-0.3, -0.25) is 0 Å². The van der Waals surface area contributed by atoms with Crippen LogP contribution < -0.4 is 0 Å². The van der Waals surface area contributed by atoms with E-state index < -0.39 is 6.00 Å². The van der Waals surface area contributed by atoms with Crippen LogP contribution in [0.1, 0.15) is 39.0 Å². The molecular formula is C9H18Cl4Si. The molecule has 0 fully saturated rings. The summed E-state index contributed by atoms with van der Waals surface area (Å²) in [5, 5.41) is 0. The minimum Gasteiger partial charge on any atom is -0.127 e. The van der Waals surface area contributed by atoms with E-state index in [0.717, 1.165) is 18.3 Å². The Hall–Kier alpha value is 1.38. The second-order valence-corrected chi connectivity index (χ2v) is 13.4. The van der Waals surface area contributed by atoms with Crippen LogP contribution in [0.2, 0.25) is 6.04 Å². The molecular weight excluding hydrogens is 278 g/mol. The van der Waals surface area contributed by atoms with Crippen molar-refractivity contribution in [3.8, 4) is 0 Å². The predicted octanol–water partition coefficient (Wildman–Crippen LogP) is 5.47. The summed E-state index contributed by atoms with van der Waals surface area (Å²) in [4.78, 5) is 0. The molecule has 0 aromatic heterocycles. The third kappa shape index (κ3) is 11.5. The molecule has 0 aliphatic rings. The lowest BCUT2D eigenvalue weighted by Crippen LogP contribution is -2.13. The van der Waals surface area contributed by atoms with Crippen molar-refractivity contribution in [2.75, 3.05) is 5.88 Å². The maximum atomic E-state index is 5.84. The first kappa shape index (κ1) is 15.4. The van der Waals surface area contributed by atoms with Crippen LogP contribution in [0, 0.1) is 5.92 Å². The van der Waals surface area contributed by atoms with E-state index in [9.17, 15) is 0 Å². The fourth-order valence-electron chi connectivity index (χ4n) is 1.44. The lowest BCUT2D eigenvalue weighted by atomic mass is 10.0. The van der Waals surface area contributed by atoms with Crippen LogP contribution in [-0.2, 0) is 0 Å². The Balaban J connectivity index is 3.31.